The molecule has 0 saturated heterocycles. The lowest BCUT2D eigenvalue weighted by Crippen LogP contribution is -2.52. The molecule has 0 heterocycles. The third-order valence-corrected chi connectivity index (χ3v) is 8.50. The van der Waals surface area contributed by atoms with Crippen LogP contribution in [-0.4, -0.2) is 44.3 Å². The Morgan fingerprint density at radius 3 is 2.15 bits per heavy atom. The predicted molar refractivity (Wildman–Crippen MR) is 156 cm³/mol. The minimum absolute atomic E-state index is 0.0323. The summed E-state index contributed by atoms with van der Waals surface area (Å²) in [6, 6.07) is 21.2. The second-order valence-corrected chi connectivity index (χ2v) is 12.1. The van der Waals surface area contributed by atoms with E-state index in [1.807, 2.05) is 52.0 Å². The van der Waals surface area contributed by atoms with E-state index >= 15 is 0 Å². The van der Waals surface area contributed by atoms with Crippen LogP contribution in [-0.2, 0) is 26.2 Å². The first-order valence-corrected chi connectivity index (χ1v) is 14.8. The second-order valence-electron chi connectivity index (χ2n) is 9.79. The normalized spacial score (nSPS) is 12.2. The molecule has 0 aliphatic carbocycles. The van der Waals surface area contributed by atoms with Gasteiger partial charge in [-0.15, -0.1) is 0 Å². The summed E-state index contributed by atoms with van der Waals surface area (Å²) in [6.07, 6.45) is 0.360. The van der Waals surface area contributed by atoms with Gasteiger partial charge in [-0.2, -0.15) is 0 Å². The van der Waals surface area contributed by atoms with Crippen molar-refractivity contribution in [2.45, 2.75) is 51.6 Å². The van der Waals surface area contributed by atoms with Crippen molar-refractivity contribution >= 4 is 39.1 Å². The molecule has 1 atom stereocenters. The van der Waals surface area contributed by atoms with Gasteiger partial charge < -0.3 is 10.2 Å². The monoisotopic (exact) mass is 569 g/mol. The number of sulfonamides is 1. The number of carbonyl (C=O) groups is 2. The van der Waals surface area contributed by atoms with Crippen molar-refractivity contribution in [3.63, 3.8) is 0 Å². The fourth-order valence-corrected chi connectivity index (χ4v) is 5.94. The molecule has 0 unspecified atom stereocenters. The molecule has 39 heavy (non-hydrogen) atoms. The minimum Gasteiger partial charge on any atom is -0.354 e. The SMILES string of the molecule is CC[C@H](C(=O)NCC(C)C)N(Cc1ccccc1C)C(=O)CN(c1ccccc1Cl)S(=O)(=O)c1ccccc1. The van der Waals surface area contributed by atoms with E-state index in [9.17, 15) is 18.0 Å². The van der Waals surface area contributed by atoms with E-state index in [2.05, 4.69) is 5.32 Å². The number of rotatable bonds is 12. The van der Waals surface area contributed by atoms with Gasteiger partial charge in [-0.1, -0.05) is 87.0 Å². The van der Waals surface area contributed by atoms with Gasteiger partial charge in [-0.05, 0) is 54.7 Å². The van der Waals surface area contributed by atoms with E-state index in [4.69, 9.17) is 11.6 Å². The zero-order valence-electron chi connectivity index (χ0n) is 22.8. The Hall–Kier alpha value is -3.36. The molecule has 0 spiro atoms. The third kappa shape index (κ3) is 7.61. The highest BCUT2D eigenvalue weighted by Gasteiger charge is 2.34. The van der Waals surface area contributed by atoms with Gasteiger partial charge in [-0.3, -0.25) is 13.9 Å². The molecular formula is C30H36ClN3O4S. The topological polar surface area (TPSA) is 86.8 Å². The molecule has 0 aliphatic rings. The van der Waals surface area contributed by atoms with Gasteiger partial charge in [0.15, 0.2) is 0 Å². The van der Waals surface area contributed by atoms with Crippen molar-refractivity contribution in [1.29, 1.82) is 0 Å². The van der Waals surface area contributed by atoms with Crippen molar-refractivity contribution < 1.29 is 18.0 Å². The summed E-state index contributed by atoms with van der Waals surface area (Å²) in [5.41, 5.74) is 2.02. The van der Waals surface area contributed by atoms with Crippen LogP contribution in [0.2, 0.25) is 5.02 Å². The van der Waals surface area contributed by atoms with Crippen LogP contribution in [0.25, 0.3) is 0 Å². The van der Waals surface area contributed by atoms with Crippen LogP contribution in [0.3, 0.4) is 0 Å². The largest absolute Gasteiger partial charge is 0.354 e. The Kier molecular flexibility index (Phi) is 10.5. The van der Waals surface area contributed by atoms with Crippen molar-refractivity contribution in [2.75, 3.05) is 17.4 Å². The Balaban J connectivity index is 2.06. The maximum Gasteiger partial charge on any atom is 0.264 e. The second kappa shape index (κ2) is 13.6. The van der Waals surface area contributed by atoms with E-state index in [0.29, 0.717) is 13.0 Å². The minimum atomic E-state index is -4.16. The first kappa shape index (κ1) is 30.2. The fraction of sp³-hybridized carbons (Fsp3) is 0.333. The number of anilines is 1. The van der Waals surface area contributed by atoms with E-state index in [-0.39, 0.29) is 34.0 Å². The van der Waals surface area contributed by atoms with Crippen LogP contribution in [0.4, 0.5) is 5.69 Å². The summed E-state index contributed by atoms with van der Waals surface area (Å²) in [6.45, 7) is 7.86. The van der Waals surface area contributed by atoms with E-state index in [1.54, 1.807) is 42.5 Å². The molecule has 0 fully saturated rings. The number of para-hydroxylation sites is 1. The van der Waals surface area contributed by atoms with Crippen LogP contribution in [0, 0.1) is 12.8 Å². The van der Waals surface area contributed by atoms with E-state index in [1.165, 1.54) is 17.0 Å². The Morgan fingerprint density at radius 1 is 0.923 bits per heavy atom. The van der Waals surface area contributed by atoms with Crippen LogP contribution in [0.1, 0.15) is 38.3 Å². The number of carbonyl (C=O) groups excluding carboxylic acids is 2. The summed E-state index contributed by atoms with van der Waals surface area (Å²) in [5, 5.41) is 3.12. The molecule has 0 aliphatic heterocycles. The number of hydrogen-bond donors (Lipinski definition) is 1. The van der Waals surface area contributed by atoms with Gasteiger partial charge >= 0.3 is 0 Å². The van der Waals surface area contributed by atoms with Gasteiger partial charge in [0.2, 0.25) is 11.8 Å². The highest BCUT2D eigenvalue weighted by atomic mass is 35.5. The van der Waals surface area contributed by atoms with Crippen molar-refractivity contribution in [3.05, 3.63) is 95.0 Å². The average Bonchev–Trinajstić information content (AvgIpc) is 2.92. The molecular weight excluding hydrogens is 534 g/mol. The predicted octanol–water partition coefficient (Wildman–Crippen LogP) is 5.42. The lowest BCUT2D eigenvalue weighted by Gasteiger charge is -2.33. The number of nitrogens with one attached hydrogen (secondary N) is 1. The zero-order chi connectivity index (χ0) is 28.6. The summed E-state index contributed by atoms with van der Waals surface area (Å²) in [4.78, 5) is 28.8. The number of nitrogens with zero attached hydrogens (tertiary/aromatic N) is 2. The average molecular weight is 570 g/mol. The molecule has 2 amide bonds. The van der Waals surface area contributed by atoms with Gasteiger partial charge in [0, 0.05) is 13.1 Å². The van der Waals surface area contributed by atoms with Gasteiger partial charge in [0.25, 0.3) is 10.0 Å². The third-order valence-electron chi connectivity index (χ3n) is 6.40. The molecule has 208 valence electrons. The summed E-state index contributed by atoms with van der Waals surface area (Å²) < 4.78 is 28.7. The lowest BCUT2D eigenvalue weighted by molar-refractivity contribution is -0.140. The van der Waals surface area contributed by atoms with Gasteiger partial charge in [-0.25, -0.2) is 8.42 Å². The molecule has 3 aromatic rings. The maximum atomic E-state index is 14.1. The van der Waals surface area contributed by atoms with Gasteiger partial charge in [0.05, 0.1) is 15.6 Å². The smallest absolute Gasteiger partial charge is 0.264 e. The van der Waals surface area contributed by atoms with Gasteiger partial charge in [0.1, 0.15) is 12.6 Å². The van der Waals surface area contributed by atoms with E-state index in [0.717, 1.165) is 15.4 Å². The van der Waals surface area contributed by atoms with Crippen molar-refractivity contribution in [2.24, 2.45) is 5.92 Å². The lowest BCUT2D eigenvalue weighted by atomic mass is 10.1. The maximum absolute atomic E-state index is 14.1. The number of hydrogen-bond acceptors (Lipinski definition) is 4. The number of halogens is 1. The molecule has 9 heteroatoms. The number of amides is 2. The number of aryl methyl sites for hydroxylation is 1. The zero-order valence-corrected chi connectivity index (χ0v) is 24.4. The van der Waals surface area contributed by atoms with Crippen LogP contribution in [0.15, 0.2) is 83.8 Å². The fourth-order valence-electron chi connectivity index (χ4n) is 4.20. The summed E-state index contributed by atoms with van der Waals surface area (Å²) in [7, 11) is -4.16. The molecule has 7 nitrogen and oxygen atoms in total. The molecule has 1 N–H and O–H groups in total. The quantitative estimate of drug-likeness (QED) is 0.315. The van der Waals surface area contributed by atoms with Crippen LogP contribution in [0.5, 0.6) is 0 Å². The van der Waals surface area contributed by atoms with Crippen molar-refractivity contribution in [1.82, 2.24) is 10.2 Å². The molecule has 0 aromatic heterocycles. The van der Waals surface area contributed by atoms with Crippen molar-refractivity contribution in [3.8, 4) is 0 Å². The first-order chi connectivity index (χ1) is 18.6. The molecule has 3 rings (SSSR count). The van der Waals surface area contributed by atoms with Crippen LogP contribution >= 0.6 is 11.6 Å². The molecule has 0 bridgehead atoms. The summed E-state index contributed by atoms with van der Waals surface area (Å²) >= 11 is 6.44. The highest BCUT2D eigenvalue weighted by Crippen LogP contribution is 2.31. The Bertz CT molecular complexity index is 1380. The highest BCUT2D eigenvalue weighted by molar-refractivity contribution is 7.92. The summed E-state index contributed by atoms with van der Waals surface area (Å²) in [5.74, 6) is -0.550. The Labute approximate surface area is 236 Å². The first-order valence-electron chi connectivity index (χ1n) is 13.0. The molecule has 3 aromatic carbocycles. The van der Waals surface area contributed by atoms with Crippen LogP contribution < -0.4 is 9.62 Å². The Morgan fingerprint density at radius 2 is 1.54 bits per heavy atom. The molecule has 0 radical (unpaired) electrons. The van der Waals surface area contributed by atoms with E-state index < -0.39 is 28.5 Å². The standard InChI is InChI=1S/C30H36ClN3O4S/c1-5-27(30(36)32-19-22(2)3)33(20-24-14-10-9-13-23(24)4)29(35)21-34(28-18-12-11-17-26(28)31)39(37,38)25-15-7-6-8-16-25/h6-18,22,27H,5,19-21H2,1-4H3,(H,32,36)/t27-/m1/s1. The number of benzene rings is 3. The molecule has 0 saturated carbocycles.